The number of carbonyl (C=O) groups is 1. The van der Waals surface area contributed by atoms with Gasteiger partial charge in [0.05, 0.1) is 18.1 Å². The van der Waals surface area contributed by atoms with Crippen molar-refractivity contribution in [3.63, 3.8) is 0 Å². The molecule has 1 fully saturated rings. The molecule has 23 heavy (non-hydrogen) atoms. The minimum atomic E-state index is 0.124. The highest BCUT2D eigenvalue weighted by Crippen LogP contribution is 2.22. The molecular weight excluding hydrogens is 310 g/mol. The molecule has 0 unspecified atom stereocenters. The summed E-state index contributed by atoms with van der Waals surface area (Å²) in [5.41, 5.74) is 2.17. The van der Waals surface area contributed by atoms with Crippen LogP contribution in [0, 0.1) is 13.8 Å². The molecule has 0 spiro atoms. The third-order valence-corrected chi connectivity index (χ3v) is 5.47. The van der Waals surface area contributed by atoms with Crippen molar-refractivity contribution in [2.45, 2.75) is 70.1 Å². The molecule has 0 saturated heterocycles. The molecule has 0 aromatic carbocycles. The highest BCUT2D eigenvalue weighted by molar-refractivity contribution is 7.99. The van der Waals surface area contributed by atoms with Crippen molar-refractivity contribution in [1.82, 2.24) is 14.9 Å². The van der Waals surface area contributed by atoms with Crippen molar-refractivity contribution < 1.29 is 9.53 Å². The fourth-order valence-corrected chi connectivity index (χ4v) is 3.93. The maximum atomic E-state index is 12.2. The van der Waals surface area contributed by atoms with Crippen LogP contribution in [0.1, 0.15) is 49.9 Å². The highest BCUT2D eigenvalue weighted by Gasteiger charge is 2.17. The maximum absolute atomic E-state index is 12.2. The third-order valence-electron chi connectivity index (χ3n) is 4.49. The molecule has 1 saturated carbocycles. The first kappa shape index (κ1) is 18.3. The van der Waals surface area contributed by atoms with E-state index in [4.69, 9.17) is 4.74 Å². The summed E-state index contributed by atoms with van der Waals surface area (Å²) in [5, 5.41) is 4.10. The summed E-state index contributed by atoms with van der Waals surface area (Å²) < 4.78 is 7.31. The summed E-state index contributed by atoms with van der Waals surface area (Å²) in [6.45, 7) is 5.50. The quantitative estimate of drug-likeness (QED) is 0.613. The van der Waals surface area contributed by atoms with E-state index in [1.54, 1.807) is 7.11 Å². The van der Waals surface area contributed by atoms with Crippen LogP contribution in [0.4, 0.5) is 0 Å². The number of thioether (sulfide) groups is 1. The van der Waals surface area contributed by atoms with Crippen LogP contribution < -0.4 is 5.32 Å². The number of nitrogens with zero attached hydrogens (tertiary/aromatic N) is 2. The Morgan fingerprint density at radius 2 is 2.00 bits per heavy atom. The Morgan fingerprint density at radius 1 is 1.30 bits per heavy atom. The van der Waals surface area contributed by atoms with Gasteiger partial charge in [-0.25, -0.2) is 4.98 Å². The highest BCUT2D eigenvalue weighted by atomic mass is 32.2. The molecule has 1 heterocycles. The minimum absolute atomic E-state index is 0.124. The van der Waals surface area contributed by atoms with Gasteiger partial charge >= 0.3 is 0 Å². The van der Waals surface area contributed by atoms with E-state index >= 15 is 0 Å². The van der Waals surface area contributed by atoms with Crippen LogP contribution in [0.5, 0.6) is 0 Å². The number of rotatable bonds is 7. The number of aromatic nitrogens is 2. The molecule has 0 bridgehead atoms. The lowest BCUT2D eigenvalue weighted by Crippen LogP contribution is -2.35. The van der Waals surface area contributed by atoms with Crippen molar-refractivity contribution in [2.24, 2.45) is 0 Å². The summed E-state index contributed by atoms with van der Waals surface area (Å²) in [4.78, 5) is 16.8. The Kier molecular flexibility index (Phi) is 7.43. The monoisotopic (exact) mass is 339 g/mol. The molecule has 2 rings (SSSR count). The van der Waals surface area contributed by atoms with Gasteiger partial charge in [-0.05, 0) is 26.7 Å². The van der Waals surface area contributed by atoms with Gasteiger partial charge in [-0.3, -0.25) is 4.79 Å². The van der Waals surface area contributed by atoms with Gasteiger partial charge in [0.25, 0.3) is 0 Å². The first-order valence-electron chi connectivity index (χ1n) is 8.56. The van der Waals surface area contributed by atoms with Gasteiger partial charge in [0.1, 0.15) is 0 Å². The molecule has 1 N–H and O–H groups in total. The molecular formula is C17H29N3O2S. The zero-order valence-electron chi connectivity index (χ0n) is 14.6. The Bertz CT molecular complexity index is 508. The lowest BCUT2D eigenvalue weighted by Gasteiger charge is -2.16. The van der Waals surface area contributed by atoms with Crippen molar-refractivity contribution in [2.75, 3.05) is 19.5 Å². The van der Waals surface area contributed by atoms with Gasteiger partial charge in [0.15, 0.2) is 5.16 Å². The van der Waals surface area contributed by atoms with Gasteiger partial charge in [-0.2, -0.15) is 0 Å². The average molecular weight is 340 g/mol. The van der Waals surface area contributed by atoms with Crippen LogP contribution in [0.15, 0.2) is 5.16 Å². The lowest BCUT2D eigenvalue weighted by atomic mass is 10.1. The molecule has 6 heteroatoms. The fourth-order valence-electron chi connectivity index (χ4n) is 3.00. The molecule has 0 aliphatic heterocycles. The zero-order valence-corrected chi connectivity index (χ0v) is 15.4. The summed E-state index contributed by atoms with van der Waals surface area (Å²) in [5.74, 6) is 0.554. The third kappa shape index (κ3) is 5.53. The minimum Gasteiger partial charge on any atom is -0.383 e. The number of hydrogen-bond acceptors (Lipinski definition) is 4. The van der Waals surface area contributed by atoms with Gasteiger partial charge in [0, 0.05) is 25.4 Å². The second-order valence-electron chi connectivity index (χ2n) is 6.25. The first-order chi connectivity index (χ1) is 11.1. The molecule has 130 valence electrons. The molecule has 0 atom stereocenters. The number of hydrogen-bond donors (Lipinski definition) is 1. The number of nitrogens with one attached hydrogen (secondary N) is 1. The van der Waals surface area contributed by atoms with Gasteiger partial charge in [-0.1, -0.05) is 37.4 Å². The second-order valence-corrected chi connectivity index (χ2v) is 7.20. The smallest absolute Gasteiger partial charge is 0.230 e. The van der Waals surface area contributed by atoms with Crippen LogP contribution in [0.2, 0.25) is 0 Å². The van der Waals surface area contributed by atoms with Crippen molar-refractivity contribution in [3.8, 4) is 0 Å². The van der Waals surface area contributed by atoms with Crippen LogP contribution in [-0.2, 0) is 16.1 Å². The van der Waals surface area contributed by atoms with E-state index < -0.39 is 0 Å². The molecule has 5 nitrogen and oxygen atoms in total. The van der Waals surface area contributed by atoms with E-state index in [2.05, 4.69) is 21.8 Å². The summed E-state index contributed by atoms with van der Waals surface area (Å²) in [7, 11) is 1.70. The largest absolute Gasteiger partial charge is 0.383 e. The molecule has 1 aliphatic rings. The first-order valence-corrected chi connectivity index (χ1v) is 9.55. The van der Waals surface area contributed by atoms with E-state index in [0.29, 0.717) is 18.4 Å². The normalized spacial score (nSPS) is 16.3. The number of aryl methyl sites for hydroxylation is 1. The Morgan fingerprint density at radius 3 is 2.65 bits per heavy atom. The van der Waals surface area contributed by atoms with Crippen LogP contribution in [0.25, 0.3) is 0 Å². The predicted octanol–water partition coefficient (Wildman–Crippen LogP) is 3.08. The van der Waals surface area contributed by atoms with Crippen LogP contribution >= 0.6 is 11.8 Å². The molecule has 1 amide bonds. The average Bonchev–Trinajstić information content (AvgIpc) is 2.72. The van der Waals surface area contributed by atoms with Crippen LogP contribution in [-0.4, -0.2) is 41.0 Å². The second kappa shape index (κ2) is 9.33. The van der Waals surface area contributed by atoms with Crippen molar-refractivity contribution in [1.29, 1.82) is 0 Å². The standard InChI is InChI=1S/C17H29N3O2S/c1-13-14(2)20(10-11-22-3)17(18-13)23-12-16(21)19-15-8-6-4-5-7-9-15/h15H,4-12H2,1-3H3,(H,19,21). The molecule has 1 aromatic heterocycles. The summed E-state index contributed by atoms with van der Waals surface area (Å²) in [6.07, 6.45) is 7.32. The van der Waals surface area contributed by atoms with E-state index in [-0.39, 0.29) is 5.91 Å². The summed E-state index contributed by atoms with van der Waals surface area (Å²) in [6, 6.07) is 0.363. The molecule has 1 aromatic rings. The topological polar surface area (TPSA) is 56.1 Å². The number of ether oxygens (including phenoxy) is 1. The van der Waals surface area contributed by atoms with Crippen LogP contribution in [0.3, 0.4) is 0 Å². The van der Waals surface area contributed by atoms with Crippen molar-refractivity contribution >= 4 is 17.7 Å². The van der Waals surface area contributed by atoms with Gasteiger partial charge < -0.3 is 14.6 Å². The number of methoxy groups -OCH3 is 1. The Balaban J connectivity index is 1.87. The Labute approximate surface area is 143 Å². The lowest BCUT2D eigenvalue weighted by molar-refractivity contribution is -0.119. The summed E-state index contributed by atoms with van der Waals surface area (Å²) >= 11 is 1.52. The Hall–Kier alpha value is -1.01. The molecule has 0 radical (unpaired) electrons. The van der Waals surface area contributed by atoms with E-state index in [9.17, 15) is 4.79 Å². The van der Waals surface area contributed by atoms with Crippen molar-refractivity contribution in [3.05, 3.63) is 11.4 Å². The zero-order chi connectivity index (χ0) is 16.7. The SMILES string of the molecule is COCCn1c(SCC(=O)NC2CCCCCC2)nc(C)c1C. The van der Waals surface area contributed by atoms with E-state index in [1.165, 1.54) is 37.4 Å². The van der Waals surface area contributed by atoms with E-state index in [0.717, 1.165) is 35.9 Å². The predicted molar refractivity (Wildman–Crippen MR) is 93.9 cm³/mol. The fraction of sp³-hybridized carbons (Fsp3) is 0.765. The number of imidazole rings is 1. The number of carbonyl (C=O) groups excluding carboxylic acids is 1. The molecule has 1 aliphatic carbocycles. The van der Waals surface area contributed by atoms with E-state index in [1.807, 2.05) is 6.92 Å². The van der Waals surface area contributed by atoms with Gasteiger partial charge in [0.2, 0.25) is 5.91 Å². The number of amides is 1. The van der Waals surface area contributed by atoms with Gasteiger partial charge in [-0.15, -0.1) is 0 Å². The maximum Gasteiger partial charge on any atom is 0.230 e.